The molecule has 3 aromatic rings. The summed E-state index contributed by atoms with van der Waals surface area (Å²) in [7, 11) is 1.60. The van der Waals surface area contributed by atoms with E-state index in [4.69, 9.17) is 9.26 Å². The number of nitro groups is 1. The lowest BCUT2D eigenvalue weighted by Gasteiger charge is -2.15. The van der Waals surface area contributed by atoms with Crippen molar-refractivity contribution in [3.8, 4) is 17.1 Å². The smallest absolute Gasteiger partial charge is 0.272 e. The summed E-state index contributed by atoms with van der Waals surface area (Å²) < 4.78 is 10.7. The van der Waals surface area contributed by atoms with Crippen LogP contribution in [0, 0.1) is 24.0 Å². The highest BCUT2D eigenvalue weighted by Gasteiger charge is 2.16. The third-order valence-corrected chi connectivity index (χ3v) is 4.27. The highest BCUT2D eigenvalue weighted by molar-refractivity contribution is 5.77. The molecular weight excluding hydrogens is 376 g/mol. The molecule has 0 saturated heterocycles. The molecule has 0 spiro atoms. The van der Waals surface area contributed by atoms with Gasteiger partial charge in [0.1, 0.15) is 5.75 Å². The molecule has 0 aliphatic heterocycles. The van der Waals surface area contributed by atoms with E-state index in [1.165, 1.54) is 23.1 Å². The van der Waals surface area contributed by atoms with Crippen LogP contribution in [0.5, 0.6) is 5.75 Å². The number of hydrogen-bond acceptors (Lipinski definition) is 7. The largest absolute Gasteiger partial charge is 0.484 e. The normalized spacial score (nSPS) is 10.6. The fourth-order valence-electron chi connectivity index (χ4n) is 2.69. The van der Waals surface area contributed by atoms with Crippen molar-refractivity contribution >= 4 is 11.6 Å². The zero-order valence-electron chi connectivity index (χ0n) is 16.3. The first-order valence-electron chi connectivity index (χ1n) is 8.85. The molecule has 2 aromatic carbocycles. The highest BCUT2D eigenvalue weighted by Crippen LogP contribution is 2.23. The van der Waals surface area contributed by atoms with E-state index in [1.807, 2.05) is 31.2 Å². The van der Waals surface area contributed by atoms with Crippen LogP contribution in [-0.2, 0) is 11.3 Å². The molecule has 0 aliphatic carbocycles. The van der Waals surface area contributed by atoms with E-state index in [-0.39, 0.29) is 24.7 Å². The van der Waals surface area contributed by atoms with Gasteiger partial charge >= 0.3 is 0 Å². The lowest BCUT2D eigenvalue weighted by molar-refractivity contribution is -0.385. The predicted molar refractivity (Wildman–Crippen MR) is 104 cm³/mol. The minimum absolute atomic E-state index is 0.00148. The van der Waals surface area contributed by atoms with Crippen LogP contribution in [0.25, 0.3) is 11.4 Å². The number of aryl methyl sites for hydroxylation is 2. The van der Waals surface area contributed by atoms with Crippen molar-refractivity contribution in [3.05, 3.63) is 69.6 Å². The highest BCUT2D eigenvalue weighted by atomic mass is 16.6. The number of amides is 1. The van der Waals surface area contributed by atoms with Gasteiger partial charge in [0.05, 0.1) is 11.5 Å². The summed E-state index contributed by atoms with van der Waals surface area (Å²) in [5, 5.41) is 14.8. The Kier molecular flexibility index (Phi) is 5.87. The summed E-state index contributed by atoms with van der Waals surface area (Å²) in [6, 6.07) is 12.1. The van der Waals surface area contributed by atoms with Crippen LogP contribution in [0.2, 0.25) is 0 Å². The Bertz CT molecular complexity index is 1050. The Morgan fingerprint density at radius 3 is 2.72 bits per heavy atom. The maximum absolute atomic E-state index is 12.3. The first-order valence-corrected chi connectivity index (χ1v) is 8.85. The number of carbonyl (C=O) groups excluding carboxylic acids is 1. The molecule has 150 valence electrons. The van der Waals surface area contributed by atoms with Crippen LogP contribution >= 0.6 is 0 Å². The van der Waals surface area contributed by atoms with Gasteiger partial charge in [-0.25, -0.2) is 0 Å². The standard InChI is InChI=1S/C20H20N4O5/c1-13-5-4-6-15(9-13)20-21-18(29-22-20)11-23(3)19(25)12-28-16-7-8-17(24(26)27)14(2)10-16/h4-10H,11-12H2,1-3H3. The van der Waals surface area contributed by atoms with E-state index < -0.39 is 4.92 Å². The molecule has 1 heterocycles. The van der Waals surface area contributed by atoms with Crippen LogP contribution in [-0.4, -0.2) is 39.5 Å². The van der Waals surface area contributed by atoms with Crippen LogP contribution in [0.3, 0.4) is 0 Å². The van der Waals surface area contributed by atoms with Crippen LogP contribution < -0.4 is 4.74 Å². The molecule has 1 amide bonds. The summed E-state index contributed by atoms with van der Waals surface area (Å²) in [4.78, 5) is 28.4. The van der Waals surface area contributed by atoms with Crippen molar-refractivity contribution in [2.75, 3.05) is 13.7 Å². The van der Waals surface area contributed by atoms with E-state index in [0.717, 1.165) is 11.1 Å². The molecule has 0 atom stereocenters. The monoisotopic (exact) mass is 396 g/mol. The van der Waals surface area contributed by atoms with Gasteiger partial charge in [-0.15, -0.1) is 0 Å². The molecule has 0 saturated carbocycles. The van der Waals surface area contributed by atoms with Crippen molar-refractivity contribution in [2.45, 2.75) is 20.4 Å². The molecule has 1 aromatic heterocycles. The number of rotatable bonds is 7. The fourth-order valence-corrected chi connectivity index (χ4v) is 2.69. The van der Waals surface area contributed by atoms with Crippen molar-refractivity contribution < 1.29 is 19.0 Å². The quantitative estimate of drug-likeness (QED) is 0.445. The molecule has 0 fully saturated rings. The zero-order chi connectivity index (χ0) is 21.0. The molecule has 0 N–H and O–H groups in total. The maximum atomic E-state index is 12.3. The van der Waals surface area contributed by atoms with E-state index in [1.54, 1.807) is 14.0 Å². The number of likely N-dealkylation sites (N-methyl/N-ethyl adjacent to an activating group) is 1. The number of aromatic nitrogens is 2. The lowest BCUT2D eigenvalue weighted by Crippen LogP contribution is -2.31. The van der Waals surface area contributed by atoms with Gasteiger partial charge in [-0.1, -0.05) is 28.9 Å². The molecule has 9 nitrogen and oxygen atoms in total. The Morgan fingerprint density at radius 2 is 2.03 bits per heavy atom. The molecule has 0 radical (unpaired) electrons. The van der Waals surface area contributed by atoms with E-state index >= 15 is 0 Å². The third kappa shape index (κ3) is 4.95. The molecular formula is C20H20N4O5. The second kappa shape index (κ2) is 8.51. The van der Waals surface area contributed by atoms with E-state index in [0.29, 0.717) is 23.0 Å². The lowest BCUT2D eigenvalue weighted by atomic mass is 10.1. The van der Waals surface area contributed by atoms with Crippen LogP contribution in [0.1, 0.15) is 17.0 Å². The average molecular weight is 396 g/mol. The fraction of sp³-hybridized carbons (Fsp3) is 0.250. The van der Waals surface area contributed by atoms with Gasteiger partial charge in [0.15, 0.2) is 6.61 Å². The van der Waals surface area contributed by atoms with Crippen molar-refractivity contribution in [2.24, 2.45) is 0 Å². The van der Waals surface area contributed by atoms with Crippen LogP contribution in [0.4, 0.5) is 5.69 Å². The Morgan fingerprint density at radius 1 is 1.24 bits per heavy atom. The molecule has 9 heteroatoms. The number of ether oxygens (including phenoxy) is 1. The number of hydrogen-bond donors (Lipinski definition) is 0. The first-order chi connectivity index (χ1) is 13.8. The average Bonchev–Trinajstić information content (AvgIpc) is 3.14. The van der Waals surface area contributed by atoms with Gasteiger partial charge in [-0.05, 0) is 32.0 Å². The minimum atomic E-state index is -0.465. The second-order valence-corrected chi connectivity index (χ2v) is 6.63. The topological polar surface area (TPSA) is 112 Å². The molecule has 3 rings (SSSR count). The Hall–Kier alpha value is -3.75. The van der Waals surface area contributed by atoms with Crippen molar-refractivity contribution in [1.29, 1.82) is 0 Å². The molecule has 0 bridgehead atoms. The van der Waals surface area contributed by atoms with Gasteiger partial charge in [-0.3, -0.25) is 14.9 Å². The van der Waals surface area contributed by atoms with Gasteiger partial charge in [0, 0.05) is 24.2 Å². The molecule has 29 heavy (non-hydrogen) atoms. The Balaban J connectivity index is 1.57. The summed E-state index contributed by atoms with van der Waals surface area (Å²) in [6.45, 7) is 3.51. The van der Waals surface area contributed by atoms with Gasteiger partial charge in [0.25, 0.3) is 11.6 Å². The van der Waals surface area contributed by atoms with Gasteiger partial charge < -0.3 is 14.2 Å². The molecule has 0 unspecified atom stereocenters. The number of nitro benzene ring substituents is 1. The number of carbonyl (C=O) groups is 1. The summed E-state index contributed by atoms with van der Waals surface area (Å²) in [5.74, 6) is 0.858. The molecule has 0 aliphatic rings. The van der Waals surface area contributed by atoms with Gasteiger partial charge in [0.2, 0.25) is 11.7 Å². The predicted octanol–water partition coefficient (Wildman–Crippen LogP) is 3.30. The van der Waals surface area contributed by atoms with E-state index in [2.05, 4.69) is 10.1 Å². The summed E-state index contributed by atoms with van der Waals surface area (Å²) in [5.41, 5.74) is 2.38. The van der Waals surface area contributed by atoms with Crippen LogP contribution in [0.15, 0.2) is 47.0 Å². The number of benzene rings is 2. The maximum Gasteiger partial charge on any atom is 0.272 e. The SMILES string of the molecule is Cc1cccc(-c2noc(CN(C)C(=O)COc3ccc([N+](=O)[O-])c(C)c3)n2)c1. The van der Waals surface area contributed by atoms with Gasteiger partial charge in [-0.2, -0.15) is 4.98 Å². The zero-order valence-corrected chi connectivity index (χ0v) is 16.3. The van der Waals surface area contributed by atoms with E-state index in [9.17, 15) is 14.9 Å². The van der Waals surface area contributed by atoms with Crippen molar-refractivity contribution in [3.63, 3.8) is 0 Å². The summed E-state index contributed by atoms with van der Waals surface area (Å²) >= 11 is 0. The third-order valence-electron chi connectivity index (χ3n) is 4.27. The number of nitrogens with zero attached hydrogens (tertiary/aromatic N) is 4. The first kappa shape index (κ1) is 20.0. The second-order valence-electron chi connectivity index (χ2n) is 6.63. The summed E-state index contributed by atoms with van der Waals surface area (Å²) in [6.07, 6.45) is 0. The Labute approximate surface area is 167 Å². The van der Waals surface area contributed by atoms with Crippen molar-refractivity contribution in [1.82, 2.24) is 15.0 Å². The minimum Gasteiger partial charge on any atom is -0.484 e.